The number of phenolic OH excluding ortho intramolecular Hbond substituents is 1. The van der Waals surface area contributed by atoms with Crippen LogP contribution in [0.2, 0.25) is 0 Å². The van der Waals surface area contributed by atoms with Crippen LogP contribution in [0, 0.1) is 11.3 Å². The lowest BCUT2D eigenvalue weighted by Gasteiger charge is -2.30. The Labute approximate surface area is 166 Å². The summed E-state index contributed by atoms with van der Waals surface area (Å²) in [5.74, 6) is 1.32. The number of fused-ring (bicyclic) bond motifs is 2. The lowest BCUT2D eigenvalue weighted by molar-refractivity contribution is 0.393. The van der Waals surface area contributed by atoms with Crippen molar-refractivity contribution in [2.45, 2.75) is 5.92 Å². The first-order valence-corrected chi connectivity index (χ1v) is 8.70. The fourth-order valence-electron chi connectivity index (χ4n) is 3.59. The van der Waals surface area contributed by atoms with Gasteiger partial charge in [0.25, 0.3) is 0 Å². The Morgan fingerprint density at radius 2 is 1.90 bits per heavy atom. The number of nitrogens with zero attached hydrogens (tertiary/aromatic N) is 2. The van der Waals surface area contributed by atoms with Gasteiger partial charge in [-0.15, -0.1) is 0 Å². The van der Waals surface area contributed by atoms with Crippen molar-refractivity contribution >= 4 is 11.5 Å². The maximum absolute atomic E-state index is 9.93. The van der Waals surface area contributed by atoms with Crippen LogP contribution in [0.5, 0.6) is 28.9 Å². The molecule has 2 heterocycles. The average molecular weight is 390 g/mol. The van der Waals surface area contributed by atoms with Crippen molar-refractivity contribution in [1.29, 1.82) is 5.26 Å². The monoisotopic (exact) mass is 390 g/mol. The zero-order valence-corrected chi connectivity index (χ0v) is 15.8. The van der Waals surface area contributed by atoms with Crippen LogP contribution in [0.15, 0.2) is 36.4 Å². The van der Waals surface area contributed by atoms with Crippen LogP contribution in [0.1, 0.15) is 28.2 Å². The molecule has 146 valence electrons. The highest BCUT2D eigenvalue weighted by atomic mass is 16.5. The molecule has 4 rings (SSSR count). The minimum atomic E-state index is -0.486. The van der Waals surface area contributed by atoms with Crippen molar-refractivity contribution in [1.82, 2.24) is 4.98 Å². The second-order valence-corrected chi connectivity index (χ2v) is 6.48. The topological polar surface area (TPSA) is 137 Å². The van der Waals surface area contributed by atoms with Gasteiger partial charge in [0.1, 0.15) is 40.4 Å². The second kappa shape index (κ2) is 6.80. The van der Waals surface area contributed by atoms with Gasteiger partial charge in [-0.1, -0.05) is 6.07 Å². The molecular formula is C21H18N4O4. The number of pyridine rings is 1. The van der Waals surface area contributed by atoms with E-state index in [2.05, 4.69) is 4.98 Å². The Balaban J connectivity index is 2.08. The summed E-state index contributed by atoms with van der Waals surface area (Å²) in [5, 5.41) is 19.4. The quantitative estimate of drug-likeness (QED) is 0.485. The second-order valence-electron chi connectivity index (χ2n) is 6.48. The first kappa shape index (κ1) is 18.3. The van der Waals surface area contributed by atoms with E-state index in [-0.39, 0.29) is 28.7 Å². The van der Waals surface area contributed by atoms with Crippen LogP contribution in [0.25, 0.3) is 0 Å². The van der Waals surface area contributed by atoms with Gasteiger partial charge in [-0.05, 0) is 24.3 Å². The van der Waals surface area contributed by atoms with E-state index in [1.807, 2.05) is 12.1 Å². The number of methoxy groups -OCH3 is 2. The number of nitrogens with two attached hydrogens (primary N) is 2. The number of hydrogen-bond donors (Lipinski definition) is 3. The third-order valence-electron chi connectivity index (χ3n) is 4.93. The summed E-state index contributed by atoms with van der Waals surface area (Å²) >= 11 is 0. The summed E-state index contributed by atoms with van der Waals surface area (Å²) in [7, 11) is 3.13. The molecule has 0 bridgehead atoms. The molecule has 0 radical (unpaired) electrons. The van der Waals surface area contributed by atoms with Crippen LogP contribution in [-0.4, -0.2) is 24.3 Å². The Bertz CT molecular complexity index is 1170. The van der Waals surface area contributed by atoms with E-state index in [0.717, 1.165) is 11.1 Å². The van der Waals surface area contributed by atoms with Gasteiger partial charge in [-0.25, -0.2) is 0 Å². The van der Waals surface area contributed by atoms with Crippen molar-refractivity contribution < 1.29 is 19.3 Å². The zero-order valence-electron chi connectivity index (χ0n) is 15.8. The highest BCUT2D eigenvalue weighted by molar-refractivity contribution is 5.76. The van der Waals surface area contributed by atoms with E-state index in [0.29, 0.717) is 22.8 Å². The van der Waals surface area contributed by atoms with Crippen molar-refractivity contribution in [2.24, 2.45) is 0 Å². The molecule has 1 atom stereocenters. The predicted octanol–water partition coefficient (Wildman–Crippen LogP) is 3.13. The van der Waals surface area contributed by atoms with Crippen molar-refractivity contribution in [3.8, 4) is 34.9 Å². The van der Waals surface area contributed by atoms with Gasteiger partial charge in [-0.2, -0.15) is 10.2 Å². The molecule has 3 aromatic rings. The highest BCUT2D eigenvalue weighted by Gasteiger charge is 2.35. The summed E-state index contributed by atoms with van der Waals surface area (Å²) in [6.45, 7) is 0. The lowest BCUT2D eigenvalue weighted by atomic mass is 9.81. The van der Waals surface area contributed by atoms with E-state index in [1.165, 1.54) is 6.07 Å². The number of hydrogen-bond acceptors (Lipinski definition) is 8. The maximum Gasteiger partial charge on any atom is 0.227 e. The third kappa shape index (κ3) is 2.80. The highest BCUT2D eigenvalue weighted by Crippen LogP contribution is 2.52. The number of benzene rings is 2. The van der Waals surface area contributed by atoms with Gasteiger partial charge in [0.2, 0.25) is 5.88 Å². The molecule has 1 aliphatic rings. The van der Waals surface area contributed by atoms with Crippen molar-refractivity contribution in [2.75, 3.05) is 25.7 Å². The molecule has 0 fully saturated rings. The standard InChI is InChI=1S/C21H18N4O4/c1-27-11-4-6-15(28-2)13(8-11)17-12-5-3-10(26)7-16(12)29-21-18(17)19(23)14(9-22)20(24)25-21/h3-8,17,26H,1-2H3,(H4,23,24,25). The Kier molecular flexibility index (Phi) is 4.28. The number of nitrogen functional groups attached to an aromatic ring is 2. The number of aromatic nitrogens is 1. The van der Waals surface area contributed by atoms with Crippen LogP contribution >= 0.6 is 0 Å². The largest absolute Gasteiger partial charge is 0.508 e. The van der Waals surface area contributed by atoms with E-state index in [4.69, 9.17) is 25.7 Å². The lowest BCUT2D eigenvalue weighted by Crippen LogP contribution is -2.18. The molecule has 8 nitrogen and oxygen atoms in total. The maximum atomic E-state index is 9.93. The predicted molar refractivity (Wildman–Crippen MR) is 106 cm³/mol. The molecule has 1 aliphatic heterocycles. The molecule has 2 aromatic carbocycles. The number of anilines is 2. The first-order valence-electron chi connectivity index (χ1n) is 8.70. The zero-order chi connectivity index (χ0) is 20.7. The van der Waals surface area contributed by atoms with Gasteiger partial charge in [0, 0.05) is 23.1 Å². The number of rotatable bonds is 3. The van der Waals surface area contributed by atoms with E-state index < -0.39 is 5.92 Å². The van der Waals surface area contributed by atoms with E-state index in [9.17, 15) is 10.4 Å². The Hall–Kier alpha value is -4.12. The Morgan fingerprint density at radius 1 is 1.10 bits per heavy atom. The van der Waals surface area contributed by atoms with Crippen molar-refractivity contribution in [3.05, 3.63) is 58.7 Å². The fraction of sp³-hybridized carbons (Fsp3) is 0.143. The van der Waals surface area contributed by atoms with E-state index >= 15 is 0 Å². The summed E-state index contributed by atoms with van der Waals surface area (Å²) in [4.78, 5) is 4.25. The van der Waals surface area contributed by atoms with Gasteiger partial charge in [0.05, 0.1) is 25.5 Å². The third-order valence-corrected chi connectivity index (χ3v) is 4.93. The number of phenols is 1. The molecule has 8 heteroatoms. The van der Waals surface area contributed by atoms with Gasteiger partial charge >= 0.3 is 0 Å². The molecule has 5 N–H and O–H groups in total. The van der Waals surface area contributed by atoms with E-state index in [1.54, 1.807) is 38.5 Å². The molecule has 1 unspecified atom stereocenters. The molecule has 0 saturated carbocycles. The summed E-state index contributed by atoms with van der Waals surface area (Å²) in [6, 6.07) is 12.2. The smallest absolute Gasteiger partial charge is 0.227 e. The van der Waals surface area contributed by atoms with Crippen molar-refractivity contribution in [3.63, 3.8) is 0 Å². The summed E-state index contributed by atoms with van der Waals surface area (Å²) in [5.41, 5.74) is 14.5. The minimum Gasteiger partial charge on any atom is -0.508 e. The molecule has 0 amide bonds. The first-order chi connectivity index (χ1) is 14.0. The number of aromatic hydroxyl groups is 1. The SMILES string of the molecule is COc1ccc(OC)c(C2c3ccc(O)cc3Oc3nc(N)c(C#N)c(N)c32)c1. The molecule has 0 spiro atoms. The minimum absolute atomic E-state index is 0.0243. The molecule has 29 heavy (non-hydrogen) atoms. The van der Waals surface area contributed by atoms with Gasteiger partial charge in [0.15, 0.2) is 0 Å². The number of ether oxygens (including phenoxy) is 3. The van der Waals surface area contributed by atoms with Crippen LogP contribution < -0.4 is 25.7 Å². The molecule has 0 saturated heterocycles. The van der Waals surface area contributed by atoms with Gasteiger partial charge in [-0.3, -0.25) is 0 Å². The normalized spacial score (nSPS) is 14.2. The fourth-order valence-corrected chi connectivity index (χ4v) is 3.59. The van der Waals surface area contributed by atoms with Gasteiger partial charge < -0.3 is 30.8 Å². The summed E-state index contributed by atoms with van der Waals surface area (Å²) < 4.78 is 16.9. The molecule has 1 aromatic heterocycles. The van der Waals surface area contributed by atoms with Crippen LogP contribution in [0.3, 0.4) is 0 Å². The summed E-state index contributed by atoms with van der Waals surface area (Å²) in [6.07, 6.45) is 0. The molecular weight excluding hydrogens is 372 g/mol. The van der Waals surface area contributed by atoms with Crippen LogP contribution in [-0.2, 0) is 0 Å². The Morgan fingerprint density at radius 3 is 2.59 bits per heavy atom. The molecule has 0 aliphatic carbocycles. The van der Waals surface area contributed by atoms with Crippen LogP contribution in [0.4, 0.5) is 11.5 Å². The number of nitriles is 1. The average Bonchev–Trinajstić information content (AvgIpc) is 2.71.